The number of amides is 2. The summed E-state index contributed by atoms with van der Waals surface area (Å²) in [6, 6.07) is 16.6. The van der Waals surface area contributed by atoms with Crippen molar-refractivity contribution in [2.24, 2.45) is 0 Å². The van der Waals surface area contributed by atoms with E-state index in [2.05, 4.69) is 40.3 Å². The molecule has 0 aliphatic carbocycles. The summed E-state index contributed by atoms with van der Waals surface area (Å²) in [6.45, 7) is 2.76. The Morgan fingerprint density at radius 3 is 2.67 bits per heavy atom. The molecule has 0 spiro atoms. The Morgan fingerprint density at radius 1 is 1.11 bits per heavy atom. The van der Waals surface area contributed by atoms with E-state index < -0.39 is 5.41 Å². The molecule has 0 saturated carbocycles. The highest BCUT2D eigenvalue weighted by Gasteiger charge is 2.42. The summed E-state index contributed by atoms with van der Waals surface area (Å²) < 4.78 is 1.31. The van der Waals surface area contributed by atoms with Crippen molar-refractivity contribution < 1.29 is 9.59 Å². The molecule has 1 atom stereocenters. The van der Waals surface area contributed by atoms with Gasteiger partial charge in [-0.25, -0.2) is 0 Å². The molecule has 1 aromatic heterocycles. The fourth-order valence-corrected chi connectivity index (χ4v) is 4.78. The normalized spacial score (nSPS) is 19.9. The molecule has 4 rings (SSSR count). The zero-order valence-electron chi connectivity index (χ0n) is 15.2. The standard InChI is InChI=1S/C22H22N2O2S/c1-2-22(12-10-19(25)24-21(22)26)17-6-8-18(9-7-17)23-14-16-5-3-4-15-11-13-27-20(15)16/h3-9,11,13,23H,2,10,12,14H2,1H3,(H,24,25,26). The van der Waals surface area contributed by atoms with Crippen molar-refractivity contribution in [3.05, 3.63) is 65.0 Å². The molecular weight excluding hydrogens is 356 g/mol. The van der Waals surface area contributed by atoms with Crippen LogP contribution >= 0.6 is 11.3 Å². The second kappa shape index (κ2) is 7.16. The highest BCUT2D eigenvalue weighted by atomic mass is 32.1. The van der Waals surface area contributed by atoms with Crippen LogP contribution in [0.15, 0.2) is 53.9 Å². The lowest BCUT2D eigenvalue weighted by atomic mass is 9.72. The number of rotatable bonds is 5. The molecular formula is C22H22N2O2S. The number of carbonyl (C=O) groups is 2. The van der Waals surface area contributed by atoms with Crippen molar-refractivity contribution in [1.29, 1.82) is 0 Å². The van der Waals surface area contributed by atoms with Crippen molar-refractivity contribution in [3.8, 4) is 0 Å². The summed E-state index contributed by atoms with van der Waals surface area (Å²) in [6.07, 6.45) is 1.64. The maximum Gasteiger partial charge on any atom is 0.237 e. The number of imide groups is 1. The van der Waals surface area contributed by atoms with Crippen molar-refractivity contribution in [3.63, 3.8) is 0 Å². The molecule has 2 amide bonds. The zero-order chi connectivity index (χ0) is 18.9. The Labute approximate surface area is 162 Å². The van der Waals surface area contributed by atoms with Gasteiger partial charge in [0.25, 0.3) is 0 Å². The lowest BCUT2D eigenvalue weighted by Crippen LogP contribution is -2.51. The molecule has 1 fully saturated rings. The zero-order valence-corrected chi connectivity index (χ0v) is 16.1. The first-order valence-corrected chi connectivity index (χ1v) is 10.1. The van der Waals surface area contributed by atoms with E-state index in [0.29, 0.717) is 19.3 Å². The van der Waals surface area contributed by atoms with Gasteiger partial charge in [-0.3, -0.25) is 14.9 Å². The van der Waals surface area contributed by atoms with E-state index >= 15 is 0 Å². The second-order valence-corrected chi connectivity index (χ2v) is 7.92. The Bertz CT molecular complexity index is 993. The monoisotopic (exact) mass is 378 g/mol. The largest absolute Gasteiger partial charge is 0.381 e. The number of piperidine rings is 1. The molecule has 27 heavy (non-hydrogen) atoms. The number of nitrogens with one attached hydrogen (secondary N) is 2. The third kappa shape index (κ3) is 3.23. The van der Waals surface area contributed by atoms with Gasteiger partial charge in [0.15, 0.2) is 0 Å². The fourth-order valence-electron chi connectivity index (χ4n) is 3.86. The van der Waals surface area contributed by atoms with Gasteiger partial charge in [-0.1, -0.05) is 37.3 Å². The number of hydrogen-bond donors (Lipinski definition) is 2. The predicted molar refractivity (Wildman–Crippen MR) is 110 cm³/mol. The minimum Gasteiger partial charge on any atom is -0.381 e. The molecule has 1 aliphatic heterocycles. The van der Waals surface area contributed by atoms with Crippen LogP contribution in [0.3, 0.4) is 0 Å². The number of benzene rings is 2. The van der Waals surface area contributed by atoms with Gasteiger partial charge in [0.05, 0.1) is 5.41 Å². The van der Waals surface area contributed by atoms with Gasteiger partial charge < -0.3 is 5.32 Å². The number of anilines is 1. The number of hydrogen-bond acceptors (Lipinski definition) is 4. The van der Waals surface area contributed by atoms with Crippen molar-refractivity contribution in [2.45, 2.75) is 38.1 Å². The molecule has 2 N–H and O–H groups in total. The Balaban J connectivity index is 1.51. The first kappa shape index (κ1) is 17.7. The van der Waals surface area contributed by atoms with E-state index in [1.54, 1.807) is 11.3 Å². The van der Waals surface area contributed by atoms with E-state index in [-0.39, 0.29) is 11.8 Å². The Hall–Kier alpha value is -2.66. The molecule has 0 bridgehead atoms. The molecule has 0 radical (unpaired) electrons. The first-order chi connectivity index (χ1) is 13.1. The van der Waals surface area contributed by atoms with Gasteiger partial charge in [0.2, 0.25) is 11.8 Å². The van der Waals surface area contributed by atoms with Crippen LogP contribution in [0.1, 0.15) is 37.3 Å². The molecule has 2 aromatic carbocycles. The van der Waals surface area contributed by atoms with E-state index in [1.807, 2.05) is 31.2 Å². The van der Waals surface area contributed by atoms with Crippen LogP contribution in [0.25, 0.3) is 10.1 Å². The summed E-state index contributed by atoms with van der Waals surface area (Å²) in [5.74, 6) is -0.351. The molecule has 5 heteroatoms. The van der Waals surface area contributed by atoms with Crippen LogP contribution in [0.4, 0.5) is 5.69 Å². The summed E-state index contributed by atoms with van der Waals surface area (Å²) in [7, 11) is 0. The van der Waals surface area contributed by atoms with E-state index in [4.69, 9.17) is 0 Å². The van der Waals surface area contributed by atoms with Gasteiger partial charge in [-0.05, 0) is 52.9 Å². The topological polar surface area (TPSA) is 58.2 Å². The molecule has 4 nitrogen and oxygen atoms in total. The molecule has 3 aromatic rings. The Morgan fingerprint density at radius 2 is 1.93 bits per heavy atom. The van der Waals surface area contributed by atoms with E-state index in [1.165, 1.54) is 15.6 Å². The van der Waals surface area contributed by atoms with Gasteiger partial charge in [-0.15, -0.1) is 11.3 Å². The maximum absolute atomic E-state index is 12.5. The first-order valence-electron chi connectivity index (χ1n) is 9.26. The average Bonchev–Trinajstić information content (AvgIpc) is 3.17. The second-order valence-electron chi connectivity index (χ2n) is 7.00. The van der Waals surface area contributed by atoms with E-state index in [0.717, 1.165) is 17.8 Å². The fraction of sp³-hybridized carbons (Fsp3) is 0.273. The van der Waals surface area contributed by atoms with Crippen molar-refractivity contribution in [1.82, 2.24) is 5.32 Å². The minimum atomic E-state index is -0.602. The van der Waals surface area contributed by atoms with Crippen LogP contribution in [-0.2, 0) is 21.5 Å². The van der Waals surface area contributed by atoms with E-state index in [9.17, 15) is 9.59 Å². The third-order valence-corrected chi connectivity index (χ3v) is 6.56. The smallest absolute Gasteiger partial charge is 0.237 e. The highest BCUT2D eigenvalue weighted by Crippen LogP contribution is 2.36. The van der Waals surface area contributed by atoms with Gasteiger partial charge in [0.1, 0.15) is 0 Å². The van der Waals surface area contributed by atoms with Crippen LogP contribution in [0, 0.1) is 0 Å². The van der Waals surface area contributed by atoms with Crippen LogP contribution in [0.5, 0.6) is 0 Å². The average molecular weight is 378 g/mol. The SMILES string of the molecule is CCC1(c2ccc(NCc3cccc4ccsc34)cc2)CCC(=O)NC1=O. The predicted octanol–water partition coefficient (Wildman–Crippen LogP) is 4.60. The summed E-state index contributed by atoms with van der Waals surface area (Å²) in [5, 5.41) is 9.37. The summed E-state index contributed by atoms with van der Waals surface area (Å²) in [5.41, 5.74) is 2.67. The van der Waals surface area contributed by atoms with Crippen molar-refractivity contribution >= 4 is 38.9 Å². The molecule has 1 saturated heterocycles. The summed E-state index contributed by atoms with van der Waals surface area (Å²) >= 11 is 1.76. The maximum atomic E-state index is 12.5. The quantitative estimate of drug-likeness (QED) is 0.638. The van der Waals surface area contributed by atoms with Gasteiger partial charge >= 0.3 is 0 Å². The summed E-state index contributed by atoms with van der Waals surface area (Å²) in [4.78, 5) is 24.0. The third-order valence-electron chi connectivity index (χ3n) is 5.55. The van der Waals surface area contributed by atoms with Crippen LogP contribution in [0.2, 0.25) is 0 Å². The lowest BCUT2D eigenvalue weighted by Gasteiger charge is -2.35. The van der Waals surface area contributed by atoms with Crippen LogP contribution in [-0.4, -0.2) is 11.8 Å². The van der Waals surface area contributed by atoms with Gasteiger partial charge in [-0.2, -0.15) is 0 Å². The number of thiophene rings is 1. The Kier molecular flexibility index (Phi) is 4.70. The van der Waals surface area contributed by atoms with Crippen LogP contribution < -0.4 is 10.6 Å². The number of carbonyl (C=O) groups excluding carboxylic acids is 2. The highest BCUT2D eigenvalue weighted by molar-refractivity contribution is 7.17. The van der Waals surface area contributed by atoms with Crippen molar-refractivity contribution in [2.75, 3.05) is 5.32 Å². The lowest BCUT2D eigenvalue weighted by molar-refractivity contribution is -0.138. The number of fused-ring (bicyclic) bond motifs is 1. The minimum absolute atomic E-state index is 0.175. The molecule has 1 unspecified atom stereocenters. The molecule has 138 valence electrons. The van der Waals surface area contributed by atoms with Gasteiger partial charge in [0, 0.05) is 23.4 Å². The molecule has 2 heterocycles. The molecule has 1 aliphatic rings.